The van der Waals surface area contributed by atoms with Gasteiger partial charge < -0.3 is 20.1 Å². The second-order valence-corrected chi connectivity index (χ2v) is 10.6. The molecule has 0 bridgehead atoms. The largest absolute Gasteiger partial charge is 0.457 e. The summed E-state index contributed by atoms with van der Waals surface area (Å²) in [5.74, 6) is 1.22. The maximum absolute atomic E-state index is 10.7. The molecule has 0 aliphatic heterocycles. The molecule has 208 valence electrons. The predicted molar refractivity (Wildman–Crippen MR) is 154 cm³/mol. The molecule has 0 amide bonds. The van der Waals surface area contributed by atoms with Crippen molar-refractivity contribution in [3.05, 3.63) is 59.2 Å². The smallest absolute Gasteiger partial charge is 0.133 e. The van der Waals surface area contributed by atoms with Crippen LogP contribution in [0.25, 0.3) is 0 Å². The highest BCUT2D eigenvalue weighted by molar-refractivity contribution is 5.43. The van der Waals surface area contributed by atoms with Crippen LogP contribution in [0.5, 0.6) is 11.5 Å². The van der Waals surface area contributed by atoms with E-state index in [1.165, 1.54) is 89.0 Å². The van der Waals surface area contributed by atoms with Crippen molar-refractivity contribution in [1.29, 1.82) is 0 Å². The zero-order chi connectivity index (χ0) is 26.7. The van der Waals surface area contributed by atoms with Gasteiger partial charge in [-0.3, -0.25) is 0 Å². The van der Waals surface area contributed by atoms with Gasteiger partial charge in [0.1, 0.15) is 23.7 Å². The van der Waals surface area contributed by atoms with E-state index >= 15 is 0 Å². The quantitative estimate of drug-likeness (QED) is 0.147. The molecule has 2 aromatic carbocycles. The molecule has 37 heavy (non-hydrogen) atoms. The molecule has 0 saturated carbocycles. The van der Waals surface area contributed by atoms with Crippen molar-refractivity contribution < 1.29 is 20.1 Å². The molecule has 4 nitrogen and oxygen atoms in total. The summed E-state index contributed by atoms with van der Waals surface area (Å²) >= 11 is 0. The lowest BCUT2D eigenvalue weighted by atomic mass is 9.98. The fourth-order valence-corrected chi connectivity index (χ4v) is 4.81. The Morgan fingerprint density at radius 3 is 1.65 bits per heavy atom. The second-order valence-electron chi connectivity index (χ2n) is 10.6. The van der Waals surface area contributed by atoms with E-state index < -0.39 is 18.8 Å². The first-order chi connectivity index (χ1) is 18.1. The van der Waals surface area contributed by atoms with Crippen LogP contribution in [0.4, 0.5) is 0 Å². The van der Waals surface area contributed by atoms with Crippen molar-refractivity contribution in [1.82, 2.24) is 0 Å². The van der Waals surface area contributed by atoms with Crippen molar-refractivity contribution >= 4 is 0 Å². The maximum atomic E-state index is 10.7. The van der Waals surface area contributed by atoms with E-state index in [1.54, 1.807) is 0 Å². The average Bonchev–Trinajstić information content (AvgIpc) is 2.92. The molecule has 0 saturated heterocycles. The van der Waals surface area contributed by atoms with Gasteiger partial charge in [-0.15, -0.1) is 0 Å². The highest BCUT2D eigenvalue weighted by atomic mass is 16.5. The van der Waals surface area contributed by atoms with Gasteiger partial charge in [-0.25, -0.2) is 0 Å². The topological polar surface area (TPSA) is 69.9 Å². The molecular formula is C33H52O4. The number of unbranched alkanes of at least 4 members (excludes halogenated alkanes) is 12. The molecule has 2 atom stereocenters. The van der Waals surface area contributed by atoms with Gasteiger partial charge in [-0.2, -0.15) is 0 Å². The van der Waals surface area contributed by atoms with Gasteiger partial charge >= 0.3 is 0 Å². The molecule has 0 fully saturated rings. The van der Waals surface area contributed by atoms with Crippen molar-refractivity contribution in [2.24, 2.45) is 0 Å². The molecule has 0 aliphatic carbocycles. The van der Waals surface area contributed by atoms with Crippen LogP contribution in [0.1, 0.15) is 127 Å². The average molecular weight is 513 g/mol. The van der Waals surface area contributed by atoms with E-state index in [0.29, 0.717) is 17.1 Å². The van der Waals surface area contributed by atoms with Gasteiger partial charge in [-0.1, -0.05) is 109 Å². The van der Waals surface area contributed by atoms with Crippen LogP contribution >= 0.6 is 0 Å². The normalized spacial score (nSPS) is 13.0. The van der Waals surface area contributed by atoms with Gasteiger partial charge in [0, 0.05) is 5.56 Å². The highest BCUT2D eigenvalue weighted by Crippen LogP contribution is 2.33. The van der Waals surface area contributed by atoms with Crippen LogP contribution in [0.3, 0.4) is 0 Å². The van der Waals surface area contributed by atoms with E-state index in [-0.39, 0.29) is 0 Å². The van der Waals surface area contributed by atoms with Crippen LogP contribution in [0, 0.1) is 0 Å². The maximum Gasteiger partial charge on any atom is 0.133 e. The summed E-state index contributed by atoms with van der Waals surface area (Å²) in [5.41, 5.74) is 2.95. The number of ether oxygens (including phenoxy) is 1. The summed E-state index contributed by atoms with van der Waals surface area (Å²) in [5, 5.41) is 30.2. The van der Waals surface area contributed by atoms with Gasteiger partial charge in [0.2, 0.25) is 0 Å². The molecule has 4 heteroatoms. The first kappa shape index (κ1) is 31.3. The number of hydrogen-bond donors (Lipinski definition) is 3. The van der Waals surface area contributed by atoms with Gasteiger partial charge in [-0.05, 0) is 61.1 Å². The minimum atomic E-state index is -1.25. The Hall–Kier alpha value is -1.88. The Labute approximate surface area is 226 Å². The monoisotopic (exact) mass is 512 g/mol. The number of aliphatic hydroxyl groups excluding tert-OH is 3. The standard InChI is InChI=1S/C33H52O4/c1-3-5-7-9-11-13-15-17-27-19-22-29(23-20-27)37-32-24-21-28(18-16-14-12-10-8-6-4-2)25-30(32)33(36)31(35)26-34/h19-25,31,33-36H,3-18,26H2,1-2H3. The Morgan fingerprint density at radius 2 is 1.11 bits per heavy atom. The minimum Gasteiger partial charge on any atom is -0.457 e. The molecule has 0 heterocycles. The van der Waals surface area contributed by atoms with Crippen molar-refractivity contribution in [2.75, 3.05) is 6.61 Å². The zero-order valence-electron chi connectivity index (χ0n) is 23.5. The molecular weight excluding hydrogens is 460 g/mol. The number of hydrogen-bond acceptors (Lipinski definition) is 4. The van der Waals surface area contributed by atoms with Crippen LogP contribution < -0.4 is 4.74 Å². The van der Waals surface area contributed by atoms with E-state index in [0.717, 1.165) is 24.8 Å². The molecule has 0 radical (unpaired) electrons. The number of aryl methyl sites for hydroxylation is 2. The van der Waals surface area contributed by atoms with Gasteiger partial charge in [0.25, 0.3) is 0 Å². The molecule has 0 aliphatic rings. The summed E-state index contributed by atoms with van der Waals surface area (Å²) in [6.45, 7) is 3.98. The van der Waals surface area contributed by atoms with Crippen molar-refractivity contribution in [3.63, 3.8) is 0 Å². The van der Waals surface area contributed by atoms with E-state index in [9.17, 15) is 15.3 Å². The first-order valence-electron chi connectivity index (χ1n) is 15.0. The third-order valence-corrected chi connectivity index (χ3v) is 7.23. The third kappa shape index (κ3) is 12.5. The molecule has 2 aromatic rings. The minimum absolute atomic E-state index is 0.504. The fraction of sp³-hybridized carbons (Fsp3) is 0.636. The predicted octanol–water partition coefficient (Wildman–Crippen LogP) is 8.45. The highest BCUT2D eigenvalue weighted by Gasteiger charge is 2.22. The second kappa shape index (κ2) is 19.2. The van der Waals surface area contributed by atoms with Gasteiger partial charge in [0.15, 0.2) is 0 Å². The first-order valence-corrected chi connectivity index (χ1v) is 15.0. The fourth-order valence-electron chi connectivity index (χ4n) is 4.81. The Balaban J connectivity index is 1.93. The van der Waals surface area contributed by atoms with Crippen molar-refractivity contribution in [3.8, 4) is 11.5 Å². The van der Waals surface area contributed by atoms with Crippen LogP contribution in [-0.4, -0.2) is 28.0 Å². The molecule has 2 unspecified atom stereocenters. The SMILES string of the molecule is CCCCCCCCCc1ccc(Oc2ccc(CCCCCCCCC)cc2C(O)C(O)CO)cc1. The summed E-state index contributed by atoms with van der Waals surface area (Å²) in [4.78, 5) is 0. The summed E-state index contributed by atoms with van der Waals surface area (Å²) in [6.07, 6.45) is 17.5. The Bertz CT molecular complexity index is 833. The summed E-state index contributed by atoms with van der Waals surface area (Å²) in [7, 11) is 0. The number of rotatable bonds is 21. The van der Waals surface area contributed by atoms with Crippen LogP contribution in [0.15, 0.2) is 42.5 Å². The lowest BCUT2D eigenvalue weighted by Crippen LogP contribution is -2.22. The Morgan fingerprint density at radius 1 is 0.622 bits per heavy atom. The van der Waals surface area contributed by atoms with E-state index in [2.05, 4.69) is 26.0 Å². The number of aliphatic hydroxyl groups is 3. The van der Waals surface area contributed by atoms with Crippen LogP contribution in [-0.2, 0) is 12.8 Å². The summed E-state index contributed by atoms with van der Waals surface area (Å²) in [6, 6.07) is 14.0. The van der Waals surface area contributed by atoms with Crippen molar-refractivity contribution in [2.45, 2.75) is 129 Å². The third-order valence-electron chi connectivity index (χ3n) is 7.23. The molecule has 0 aromatic heterocycles. The lowest BCUT2D eigenvalue weighted by molar-refractivity contribution is -0.0160. The summed E-state index contributed by atoms with van der Waals surface area (Å²) < 4.78 is 6.14. The molecule has 2 rings (SSSR count). The van der Waals surface area contributed by atoms with Crippen LogP contribution in [0.2, 0.25) is 0 Å². The lowest BCUT2D eigenvalue weighted by Gasteiger charge is -2.20. The molecule has 0 spiro atoms. The Kier molecular flexibility index (Phi) is 16.3. The van der Waals surface area contributed by atoms with Gasteiger partial charge in [0.05, 0.1) is 6.61 Å². The number of benzene rings is 2. The zero-order valence-corrected chi connectivity index (χ0v) is 23.5. The van der Waals surface area contributed by atoms with E-state index in [1.807, 2.05) is 30.3 Å². The van der Waals surface area contributed by atoms with E-state index in [4.69, 9.17) is 4.74 Å². The molecule has 3 N–H and O–H groups in total.